The Bertz CT molecular complexity index is 858. The molecule has 0 bridgehead atoms. The molecular weight excluding hydrogens is 330 g/mol. The van der Waals surface area contributed by atoms with Crippen LogP contribution in [0.2, 0.25) is 0 Å². The Morgan fingerprint density at radius 2 is 2.21 bits per heavy atom. The summed E-state index contributed by atoms with van der Waals surface area (Å²) in [6, 6.07) is 7.24. The largest absolute Gasteiger partial charge is 0.359 e. The quantitative estimate of drug-likeness (QED) is 0.816. The molecule has 0 aliphatic carbocycles. The summed E-state index contributed by atoms with van der Waals surface area (Å²) < 4.78 is 28.0. The van der Waals surface area contributed by atoms with Crippen LogP contribution in [0, 0.1) is 5.92 Å². The number of pyridine rings is 1. The van der Waals surface area contributed by atoms with Crippen molar-refractivity contribution in [2.75, 3.05) is 12.8 Å². The second kappa shape index (κ2) is 6.56. The molecule has 1 aliphatic heterocycles. The van der Waals surface area contributed by atoms with Crippen molar-refractivity contribution >= 4 is 15.7 Å². The summed E-state index contributed by atoms with van der Waals surface area (Å²) in [6.45, 7) is 0.266. The second-order valence-electron chi connectivity index (χ2n) is 5.77. The van der Waals surface area contributed by atoms with E-state index in [1.165, 1.54) is 10.3 Å². The fourth-order valence-electron chi connectivity index (χ4n) is 2.49. The average Bonchev–Trinajstić information content (AvgIpc) is 3.14. The molecule has 0 N–H and O–H groups in total. The fraction of sp³-hybridized carbons (Fsp3) is 0.312. The van der Waals surface area contributed by atoms with Crippen LogP contribution < -0.4 is 0 Å². The molecule has 8 heteroatoms. The molecular formula is C16H17N3O4S. The number of hydrogen-bond donors (Lipinski definition) is 0. The molecule has 0 fully saturated rings. The van der Waals surface area contributed by atoms with E-state index in [9.17, 15) is 13.2 Å². The summed E-state index contributed by atoms with van der Waals surface area (Å²) in [4.78, 5) is 17.9. The Kier molecular flexibility index (Phi) is 4.48. The lowest BCUT2D eigenvalue weighted by molar-refractivity contribution is -0.131. The minimum atomic E-state index is -3.14. The molecule has 3 rings (SSSR count). The molecule has 24 heavy (non-hydrogen) atoms. The first-order valence-electron chi connectivity index (χ1n) is 7.45. The van der Waals surface area contributed by atoms with Gasteiger partial charge in [0, 0.05) is 37.1 Å². The summed E-state index contributed by atoms with van der Waals surface area (Å²) in [5.74, 6) is 0.140. The fourth-order valence-corrected chi connectivity index (χ4v) is 3.89. The summed E-state index contributed by atoms with van der Waals surface area (Å²) in [7, 11) is -1.49. The van der Waals surface area contributed by atoms with E-state index in [1.807, 2.05) is 18.2 Å². The number of carbonyl (C=O) groups is 1. The minimum absolute atomic E-state index is 0.00128. The number of sulfone groups is 1. The van der Waals surface area contributed by atoms with Crippen molar-refractivity contribution < 1.29 is 17.7 Å². The van der Waals surface area contributed by atoms with E-state index < -0.39 is 9.84 Å². The Hall–Kier alpha value is -2.48. The molecule has 2 aromatic rings. The van der Waals surface area contributed by atoms with E-state index in [1.54, 1.807) is 25.4 Å². The van der Waals surface area contributed by atoms with E-state index in [0.29, 0.717) is 17.1 Å². The maximum absolute atomic E-state index is 12.2. The Balaban J connectivity index is 1.59. The summed E-state index contributed by atoms with van der Waals surface area (Å²) in [5, 5.41) is 5.14. The van der Waals surface area contributed by atoms with Crippen LogP contribution >= 0.6 is 0 Å². The van der Waals surface area contributed by atoms with Gasteiger partial charge in [-0.3, -0.25) is 9.78 Å². The first-order chi connectivity index (χ1) is 11.4. The lowest BCUT2D eigenvalue weighted by atomic mass is 10.1. The molecule has 0 unspecified atom stereocenters. The van der Waals surface area contributed by atoms with Gasteiger partial charge in [-0.05, 0) is 12.1 Å². The van der Waals surface area contributed by atoms with Crippen LogP contribution in [0.1, 0.15) is 12.2 Å². The molecule has 0 saturated carbocycles. The lowest BCUT2D eigenvalue weighted by Gasteiger charge is -2.16. The zero-order chi connectivity index (χ0) is 17.2. The topological polar surface area (TPSA) is 93.4 Å². The van der Waals surface area contributed by atoms with Gasteiger partial charge in [0.15, 0.2) is 15.6 Å². The molecule has 0 radical (unpaired) electrons. The maximum atomic E-state index is 12.2. The molecule has 126 valence electrons. The van der Waals surface area contributed by atoms with Gasteiger partial charge in [0.05, 0.1) is 18.0 Å². The van der Waals surface area contributed by atoms with Gasteiger partial charge in [0.2, 0.25) is 5.91 Å². The number of rotatable bonds is 5. The van der Waals surface area contributed by atoms with Gasteiger partial charge >= 0.3 is 0 Å². The van der Waals surface area contributed by atoms with Crippen LogP contribution in [0.3, 0.4) is 0 Å². The number of nitrogens with zero attached hydrogens (tertiary/aromatic N) is 3. The van der Waals surface area contributed by atoms with Crippen molar-refractivity contribution in [2.45, 2.75) is 13.0 Å². The molecule has 1 atom stereocenters. The third kappa shape index (κ3) is 3.88. The highest BCUT2D eigenvalue weighted by molar-refractivity contribution is 7.94. The number of amides is 1. The van der Waals surface area contributed by atoms with Gasteiger partial charge in [-0.2, -0.15) is 0 Å². The van der Waals surface area contributed by atoms with E-state index in [-0.39, 0.29) is 30.5 Å². The monoisotopic (exact) mass is 347 g/mol. The molecule has 0 saturated heterocycles. The van der Waals surface area contributed by atoms with Crippen LogP contribution in [0.5, 0.6) is 0 Å². The van der Waals surface area contributed by atoms with Crippen LogP contribution in [-0.4, -0.2) is 42.2 Å². The smallest absolute Gasteiger partial charge is 0.223 e. The van der Waals surface area contributed by atoms with Gasteiger partial charge in [-0.15, -0.1) is 0 Å². The predicted octanol–water partition coefficient (Wildman–Crippen LogP) is 1.64. The van der Waals surface area contributed by atoms with Crippen molar-refractivity contribution in [3.8, 4) is 11.4 Å². The average molecular weight is 347 g/mol. The molecule has 2 aromatic heterocycles. The molecule has 1 amide bonds. The van der Waals surface area contributed by atoms with E-state index in [2.05, 4.69) is 10.1 Å². The van der Waals surface area contributed by atoms with Crippen LogP contribution in [-0.2, 0) is 21.2 Å². The van der Waals surface area contributed by atoms with Crippen LogP contribution in [0.4, 0.5) is 0 Å². The third-order valence-corrected chi connectivity index (χ3v) is 5.21. The highest BCUT2D eigenvalue weighted by Crippen LogP contribution is 2.20. The Morgan fingerprint density at radius 3 is 2.88 bits per heavy atom. The lowest BCUT2D eigenvalue weighted by Crippen LogP contribution is -2.28. The normalized spacial score (nSPS) is 18.6. The minimum Gasteiger partial charge on any atom is -0.359 e. The number of aromatic nitrogens is 2. The molecule has 0 spiro atoms. The summed E-state index contributed by atoms with van der Waals surface area (Å²) in [5.41, 5.74) is 1.30. The second-order valence-corrected chi connectivity index (χ2v) is 7.70. The molecule has 1 aliphatic rings. The predicted molar refractivity (Wildman–Crippen MR) is 87.2 cm³/mol. The van der Waals surface area contributed by atoms with Gasteiger partial charge < -0.3 is 9.42 Å². The standard InChI is InChI=1S/C16H17N3O4S/c1-19(16(20)8-12-5-7-24(21,22)11-12)10-13-9-15(18-23-13)14-4-2-3-6-17-14/h2-7,9,12H,8,10-11H2,1H3/t12-/m1/s1. The number of carbonyl (C=O) groups excluding carboxylic acids is 1. The zero-order valence-corrected chi connectivity index (χ0v) is 13.9. The van der Waals surface area contributed by atoms with E-state index in [0.717, 1.165) is 0 Å². The first kappa shape index (κ1) is 16.4. The van der Waals surface area contributed by atoms with Crippen molar-refractivity contribution in [1.29, 1.82) is 0 Å². The van der Waals surface area contributed by atoms with Gasteiger partial charge in [-0.1, -0.05) is 17.3 Å². The van der Waals surface area contributed by atoms with Crippen molar-refractivity contribution in [3.05, 3.63) is 47.7 Å². The van der Waals surface area contributed by atoms with Gasteiger partial charge in [0.1, 0.15) is 5.69 Å². The number of hydrogen-bond acceptors (Lipinski definition) is 6. The summed E-state index contributed by atoms with van der Waals surface area (Å²) >= 11 is 0. The highest BCUT2D eigenvalue weighted by Gasteiger charge is 2.25. The number of allylic oxidation sites excluding steroid dienone is 1. The van der Waals surface area contributed by atoms with Crippen LogP contribution in [0.15, 0.2) is 46.5 Å². The SMILES string of the molecule is CN(Cc1cc(-c2ccccn2)no1)C(=O)C[C@H]1C=CS(=O)(=O)C1. The Morgan fingerprint density at radius 1 is 1.38 bits per heavy atom. The first-order valence-corrected chi connectivity index (χ1v) is 9.16. The van der Waals surface area contributed by atoms with E-state index >= 15 is 0 Å². The van der Waals surface area contributed by atoms with Crippen LogP contribution in [0.25, 0.3) is 11.4 Å². The van der Waals surface area contributed by atoms with Crippen molar-refractivity contribution in [1.82, 2.24) is 15.0 Å². The van der Waals surface area contributed by atoms with E-state index in [4.69, 9.17) is 4.52 Å². The molecule has 0 aromatic carbocycles. The van der Waals surface area contributed by atoms with Gasteiger partial charge in [0.25, 0.3) is 0 Å². The van der Waals surface area contributed by atoms with Gasteiger partial charge in [-0.25, -0.2) is 8.42 Å². The maximum Gasteiger partial charge on any atom is 0.223 e. The molecule has 7 nitrogen and oxygen atoms in total. The van der Waals surface area contributed by atoms with Crippen molar-refractivity contribution in [3.63, 3.8) is 0 Å². The Labute approximate surface area is 139 Å². The third-order valence-electron chi connectivity index (χ3n) is 3.75. The molecule has 3 heterocycles. The summed E-state index contributed by atoms with van der Waals surface area (Å²) in [6.07, 6.45) is 3.41. The van der Waals surface area contributed by atoms with Crippen molar-refractivity contribution in [2.24, 2.45) is 5.92 Å². The highest BCUT2D eigenvalue weighted by atomic mass is 32.2. The zero-order valence-electron chi connectivity index (χ0n) is 13.1.